The van der Waals surface area contributed by atoms with Crippen molar-refractivity contribution in [2.45, 2.75) is 50.9 Å². The Morgan fingerprint density at radius 1 is 1.00 bits per heavy atom. The third-order valence-corrected chi connectivity index (χ3v) is 4.51. The highest BCUT2D eigenvalue weighted by Crippen LogP contribution is 2.46. The van der Waals surface area contributed by atoms with E-state index >= 15 is 0 Å². The predicted molar refractivity (Wildman–Crippen MR) is 65.7 cm³/mol. The molecule has 0 bridgehead atoms. The molecule has 16 heavy (non-hydrogen) atoms. The summed E-state index contributed by atoms with van der Waals surface area (Å²) in [6.45, 7) is 0. The lowest BCUT2D eigenvalue weighted by atomic mass is 9.77. The van der Waals surface area contributed by atoms with Gasteiger partial charge in [-0.25, -0.2) is 0 Å². The Labute approximate surface area is 97.5 Å². The maximum Gasteiger partial charge on any atom is 0.119 e. The van der Waals surface area contributed by atoms with Crippen molar-refractivity contribution < 1.29 is 5.11 Å². The molecule has 0 radical (unpaired) electrons. The highest BCUT2D eigenvalue weighted by Gasteiger charge is 2.31. The number of phenolic OH excluding ortho intramolecular Hbond substituents is 1. The van der Waals surface area contributed by atoms with Gasteiger partial charge in [0.2, 0.25) is 0 Å². The molecule has 0 amide bonds. The molecule has 1 N–H and O–H groups in total. The van der Waals surface area contributed by atoms with Crippen LogP contribution in [0, 0.1) is 5.92 Å². The lowest BCUT2D eigenvalue weighted by molar-refractivity contribution is 0.303. The Hall–Kier alpha value is -0.980. The number of aromatic hydroxyl groups is 1. The van der Waals surface area contributed by atoms with Gasteiger partial charge in [0.05, 0.1) is 0 Å². The molecule has 2 aliphatic rings. The normalized spacial score (nSPS) is 25.6. The maximum atomic E-state index is 9.85. The zero-order valence-electron chi connectivity index (χ0n) is 9.78. The molecule has 1 heteroatoms. The van der Waals surface area contributed by atoms with Crippen LogP contribution in [0.15, 0.2) is 18.2 Å². The molecule has 86 valence electrons. The van der Waals surface area contributed by atoms with E-state index in [0.717, 1.165) is 18.3 Å². The Morgan fingerprint density at radius 3 is 2.62 bits per heavy atom. The lowest BCUT2D eigenvalue weighted by Crippen LogP contribution is -2.14. The van der Waals surface area contributed by atoms with Gasteiger partial charge in [-0.05, 0) is 54.7 Å². The van der Waals surface area contributed by atoms with Crippen LogP contribution in [0.1, 0.15) is 55.6 Å². The molecule has 1 atom stereocenters. The predicted octanol–water partition coefficient (Wildman–Crippen LogP) is 4.00. The third-order valence-electron chi connectivity index (χ3n) is 4.51. The summed E-state index contributed by atoms with van der Waals surface area (Å²) in [5.41, 5.74) is 2.69. The maximum absolute atomic E-state index is 9.85. The molecule has 0 saturated heterocycles. The first kappa shape index (κ1) is 10.2. The molecule has 3 rings (SSSR count). The van der Waals surface area contributed by atoms with E-state index in [1.807, 2.05) is 12.1 Å². The SMILES string of the molecule is Oc1cccc2c1CCC2C1CCCCC1. The molecule has 1 nitrogen and oxygen atoms in total. The number of fused-ring (bicyclic) bond motifs is 1. The Balaban J connectivity index is 1.87. The summed E-state index contributed by atoms with van der Waals surface area (Å²) in [6.07, 6.45) is 9.40. The fraction of sp³-hybridized carbons (Fsp3) is 0.600. The highest BCUT2D eigenvalue weighted by atomic mass is 16.3. The Kier molecular flexibility index (Phi) is 2.62. The van der Waals surface area contributed by atoms with Crippen molar-refractivity contribution in [2.24, 2.45) is 5.92 Å². The van der Waals surface area contributed by atoms with Crippen molar-refractivity contribution >= 4 is 0 Å². The van der Waals surface area contributed by atoms with Gasteiger partial charge in [0.25, 0.3) is 0 Å². The lowest BCUT2D eigenvalue weighted by Gasteiger charge is -2.28. The average Bonchev–Trinajstić information content (AvgIpc) is 2.75. The summed E-state index contributed by atoms with van der Waals surface area (Å²) < 4.78 is 0. The van der Waals surface area contributed by atoms with Crippen LogP contribution < -0.4 is 0 Å². The molecule has 1 saturated carbocycles. The van der Waals surface area contributed by atoms with E-state index in [0.29, 0.717) is 5.75 Å². The molecule has 1 aromatic rings. The van der Waals surface area contributed by atoms with Crippen LogP contribution in [-0.2, 0) is 6.42 Å². The largest absolute Gasteiger partial charge is 0.508 e. The number of benzene rings is 1. The van der Waals surface area contributed by atoms with Gasteiger partial charge in [-0.15, -0.1) is 0 Å². The minimum Gasteiger partial charge on any atom is -0.508 e. The second kappa shape index (κ2) is 4.12. The summed E-state index contributed by atoms with van der Waals surface area (Å²) >= 11 is 0. The highest BCUT2D eigenvalue weighted by molar-refractivity contribution is 5.44. The van der Waals surface area contributed by atoms with Crippen molar-refractivity contribution in [3.8, 4) is 5.75 Å². The average molecular weight is 216 g/mol. The van der Waals surface area contributed by atoms with Crippen LogP contribution >= 0.6 is 0 Å². The van der Waals surface area contributed by atoms with E-state index in [9.17, 15) is 5.11 Å². The molecule has 1 aromatic carbocycles. The molecular weight excluding hydrogens is 196 g/mol. The van der Waals surface area contributed by atoms with E-state index in [-0.39, 0.29) is 0 Å². The number of rotatable bonds is 1. The van der Waals surface area contributed by atoms with Gasteiger partial charge < -0.3 is 5.11 Å². The molecule has 2 aliphatic carbocycles. The van der Waals surface area contributed by atoms with Crippen molar-refractivity contribution in [3.63, 3.8) is 0 Å². The molecule has 0 aliphatic heterocycles. The second-order valence-electron chi connectivity index (χ2n) is 5.39. The molecule has 0 aromatic heterocycles. The first-order chi connectivity index (χ1) is 7.86. The standard InChI is InChI=1S/C15H20O/c16-15-8-4-7-13-12(9-10-14(13)15)11-5-2-1-3-6-11/h4,7-8,11-12,16H,1-3,5-6,9-10H2. The molecule has 1 unspecified atom stereocenters. The Bertz CT molecular complexity index is 377. The molecular formula is C15H20O. The van der Waals surface area contributed by atoms with E-state index < -0.39 is 0 Å². The van der Waals surface area contributed by atoms with Gasteiger partial charge in [-0.3, -0.25) is 0 Å². The first-order valence-corrected chi connectivity index (χ1v) is 6.67. The minimum atomic E-state index is 0.524. The first-order valence-electron chi connectivity index (χ1n) is 6.67. The van der Waals surface area contributed by atoms with Gasteiger partial charge in [0.1, 0.15) is 5.75 Å². The third kappa shape index (κ3) is 1.63. The van der Waals surface area contributed by atoms with Crippen LogP contribution in [0.4, 0.5) is 0 Å². The number of hydrogen-bond donors (Lipinski definition) is 1. The minimum absolute atomic E-state index is 0.524. The zero-order valence-corrected chi connectivity index (χ0v) is 9.78. The molecule has 0 spiro atoms. The fourth-order valence-electron chi connectivity index (χ4n) is 3.69. The van der Waals surface area contributed by atoms with E-state index in [1.54, 1.807) is 0 Å². The van der Waals surface area contributed by atoms with Crippen LogP contribution in [-0.4, -0.2) is 5.11 Å². The van der Waals surface area contributed by atoms with Crippen molar-refractivity contribution in [2.75, 3.05) is 0 Å². The summed E-state index contributed by atoms with van der Waals surface area (Å²) in [5.74, 6) is 2.15. The van der Waals surface area contributed by atoms with Crippen LogP contribution in [0.3, 0.4) is 0 Å². The summed E-state index contributed by atoms with van der Waals surface area (Å²) in [7, 11) is 0. The van der Waals surface area contributed by atoms with Gasteiger partial charge in [0, 0.05) is 0 Å². The van der Waals surface area contributed by atoms with E-state index in [1.165, 1.54) is 49.7 Å². The monoisotopic (exact) mass is 216 g/mol. The van der Waals surface area contributed by atoms with Crippen molar-refractivity contribution in [1.29, 1.82) is 0 Å². The number of phenols is 1. The van der Waals surface area contributed by atoms with Crippen LogP contribution in [0.2, 0.25) is 0 Å². The zero-order chi connectivity index (χ0) is 11.0. The van der Waals surface area contributed by atoms with Crippen molar-refractivity contribution in [3.05, 3.63) is 29.3 Å². The molecule has 0 heterocycles. The van der Waals surface area contributed by atoms with Crippen molar-refractivity contribution in [1.82, 2.24) is 0 Å². The summed E-state index contributed by atoms with van der Waals surface area (Å²) in [4.78, 5) is 0. The van der Waals surface area contributed by atoms with Gasteiger partial charge in [0.15, 0.2) is 0 Å². The van der Waals surface area contributed by atoms with Gasteiger partial charge >= 0.3 is 0 Å². The number of hydrogen-bond acceptors (Lipinski definition) is 1. The van der Waals surface area contributed by atoms with E-state index in [2.05, 4.69) is 6.07 Å². The second-order valence-corrected chi connectivity index (χ2v) is 5.39. The van der Waals surface area contributed by atoms with Crippen LogP contribution in [0.5, 0.6) is 5.75 Å². The Morgan fingerprint density at radius 2 is 1.81 bits per heavy atom. The topological polar surface area (TPSA) is 20.2 Å². The summed E-state index contributed by atoms with van der Waals surface area (Å²) in [5, 5.41) is 9.85. The smallest absolute Gasteiger partial charge is 0.119 e. The van der Waals surface area contributed by atoms with Crippen LogP contribution in [0.25, 0.3) is 0 Å². The van der Waals surface area contributed by atoms with Gasteiger partial charge in [-0.1, -0.05) is 31.4 Å². The summed E-state index contributed by atoms with van der Waals surface area (Å²) in [6, 6.07) is 6.08. The van der Waals surface area contributed by atoms with E-state index in [4.69, 9.17) is 0 Å². The molecule has 1 fully saturated rings. The fourth-order valence-corrected chi connectivity index (χ4v) is 3.69. The van der Waals surface area contributed by atoms with Gasteiger partial charge in [-0.2, -0.15) is 0 Å². The quantitative estimate of drug-likeness (QED) is 0.752.